The van der Waals surface area contributed by atoms with Crippen LogP contribution >= 0.6 is 0 Å². The second kappa shape index (κ2) is 7.41. The van der Waals surface area contributed by atoms with Gasteiger partial charge in [0.1, 0.15) is 0 Å². The number of nitrogens with one attached hydrogen (secondary N) is 1. The molecular formula is C16H23NO3. The second-order valence-corrected chi connectivity index (χ2v) is 5.26. The van der Waals surface area contributed by atoms with Crippen LogP contribution in [0, 0.1) is 0 Å². The highest BCUT2D eigenvalue weighted by Gasteiger charge is 2.27. The molecule has 20 heavy (non-hydrogen) atoms. The van der Waals surface area contributed by atoms with Crippen LogP contribution in [0.25, 0.3) is 0 Å². The van der Waals surface area contributed by atoms with E-state index in [4.69, 9.17) is 9.47 Å². The third-order valence-corrected chi connectivity index (χ3v) is 4.02. The summed E-state index contributed by atoms with van der Waals surface area (Å²) in [5, 5.41) is 3.48. The van der Waals surface area contributed by atoms with Crippen LogP contribution < -0.4 is 5.32 Å². The topological polar surface area (TPSA) is 47.6 Å². The van der Waals surface area contributed by atoms with E-state index in [1.807, 2.05) is 30.3 Å². The van der Waals surface area contributed by atoms with E-state index in [9.17, 15) is 4.79 Å². The highest BCUT2D eigenvalue weighted by Crippen LogP contribution is 2.23. The van der Waals surface area contributed by atoms with Gasteiger partial charge < -0.3 is 14.8 Å². The van der Waals surface area contributed by atoms with E-state index in [0.717, 1.165) is 24.8 Å². The van der Waals surface area contributed by atoms with Crippen molar-refractivity contribution in [1.82, 2.24) is 5.32 Å². The Morgan fingerprint density at radius 2 is 2.05 bits per heavy atom. The van der Waals surface area contributed by atoms with Crippen LogP contribution in [0.2, 0.25) is 0 Å². The fraction of sp³-hybridized carbons (Fsp3) is 0.562. The smallest absolute Gasteiger partial charge is 0.314 e. The van der Waals surface area contributed by atoms with Gasteiger partial charge in [-0.15, -0.1) is 0 Å². The average molecular weight is 277 g/mol. The summed E-state index contributed by atoms with van der Waals surface area (Å²) < 4.78 is 10.3. The van der Waals surface area contributed by atoms with Crippen molar-refractivity contribution in [3.05, 3.63) is 35.9 Å². The Hall–Kier alpha value is -1.39. The molecule has 0 amide bonds. The van der Waals surface area contributed by atoms with E-state index in [1.165, 1.54) is 7.11 Å². The summed E-state index contributed by atoms with van der Waals surface area (Å²) in [6, 6.07) is 10.2. The number of esters is 1. The molecule has 1 saturated carbocycles. The summed E-state index contributed by atoms with van der Waals surface area (Å²) in [5.41, 5.74) is 0.994. The minimum atomic E-state index is -0.247. The van der Waals surface area contributed by atoms with Crippen LogP contribution in [0.3, 0.4) is 0 Å². The monoisotopic (exact) mass is 277 g/mol. The summed E-state index contributed by atoms with van der Waals surface area (Å²) in [4.78, 5) is 12.0. The van der Waals surface area contributed by atoms with E-state index in [2.05, 4.69) is 5.32 Å². The Bertz CT molecular complexity index is 421. The summed E-state index contributed by atoms with van der Waals surface area (Å²) in [6.45, 7) is 0.609. The molecule has 0 aliphatic heterocycles. The van der Waals surface area contributed by atoms with Crippen molar-refractivity contribution in [2.45, 2.75) is 37.3 Å². The molecule has 0 spiro atoms. The molecule has 0 radical (unpaired) electrons. The first kappa shape index (κ1) is 15.0. The number of hydrogen-bond donors (Lipinski definition) is 1. The molecule has 0 aromatic heterocycles. The van der Waals surface area contributed by atoms with Crippen LogP contribution in [0.4, 0.5) is 0 Å². The molecule has 0 bridgehead atoms. The number of rotatable bonds is 6. The number of carbonyl (C=O) groups is 1. The molecule has 4 nitrogen and oxygen atoms in total. The van der Waals surface area contributed by atoms with Crippen LogP contribution in [0.15, 0.2) is 30.3 Å². The van der Waals surface area contributed by atoms with Gasteiger partial charge in [-0.3, -0.25) is 4.79 Å². The van der Waals surface area contributed by atoms with Crippen LogP contribution in [0.1, 0.15) is 30.7 Å². The normalized spacial score (nSPS) is 23.5. The predicted octanol–water partition coefficient (Wildman–Crippen LogP) is 2.10. The van der Waals surface area contributed by atoms with Gasteiger partial charge >= 0.3 is 5.97 Å². The summed E-state index contributed by atoms with van der Waals surface area (Å²) >= 11 is 0. The molecule has 1 fully saturated rings. The number of methoxy groups -OCH3 is 2. The molecule has 4 heteroatoms. The van der Waals surface area contributed by atoms with E-state index in [1.54, 1.807) is 7.11 Å². The van der Waals surface area contributed by atoms with Gasteiger partial charge in [-0.1, -0.05) is 30.3 Å². The third kappa shape index (κ3) is 3.81. The van der Waals surface area contributed by atoms with Gasteiger partial charge in [0.25, 0.3) is 0 Å². The lowest BCUT2D eigenvalue weighted by atomic mass is 9.99. The minimum absolute atomic E-state index is 0.190. The summed E-state index contributed by atoms with van der Waals surface area (Å²) in [6.07, 6.45) is 3.55. The van der Waals surface area contributed by atoms with Gasteiger partial charge in [-0.05, 0) is 24.8 Å². The van der Waals surface area contributed by atoms with Gasteiger partial charge in [-0.2, -0.15) is 0 Å². The first-order valence-corrected chi connectivity index (χ1v) is 7.13. The molecule has 1 aliphatic rings. The number of hydrogen-bond acceptors (Lipinski definition) is 4. The molecule has 0 saturated heterocycles. The summed E-state index contributed by atoms with van der Waals surface area (Å²) in [7, 11) is 3.20. The summed E-state index contributed by atoms with van der Waals surface area (Å²) in [5.74, 6) is -0.437. The van der Waals surface area contributed by atoms with Crippen LogP contribution in [-0.2, 0) is 14.3 Å². The molecule has 1 N–H and O–H groups in total. The molecule has 3 unspecified atom stereocenters. The van der Waals surface area contributed by atoms with Gasteiger partial charge in [0.05, 0.1) is 19.1 Å². The predicted molar refractivity (Wildman–Crippen MR) is 77.6 cm³/mol. The van der Waals surface area contributed by atoms with Gasteiger partial charge in [0.2, 0.25) is 0 Å². The zero-order chi connectivity index (χ0) is 14.4. The zero-order valence-electron chi connectivity index (χ0n) is 12.2. The number of carbonyl (C=O) groups excluding carboxylic acids is 1. The van der Waals surface area contributed by atoms with Crippen molar-refractivity contribution in [2.24, 2.45) is 0 Å². The van der Waals surface area contributed by atoms with Crippen molar-refractivity contribution in [2.75, 3.05) is 20.8 Å². The van der Waals surface area contributed by atoms with Crippen molar-refractivity contribution < 1.29 is 14.3 Å². The number of benzene rings is 1. The van der Waals surface area contributed by atoms with E-state index in [0.29, 0.717) is 18.7 Å². The lowest BCUT2D eigenvalue weighted by Crippen LogP contribution is -2.34. The fourth-order valence-corrected chi connectivity index (χ4v) is 2.79. The maximum absolute atomic E-state index is 12.0. The van der Waals surface area contributed by atoms with Crippen molar-refractivity contribution >= 4 is 5.97 Å². The molecule has 1 aromatic carbocycles. The molecule has 110 valence electrons. The standard InChI is InChI=1S/C16H23NO3/c1-19-14-9-8-13(10-14)17-11-15(16(18)20-2)12-6-4-3-5-7-12/h3-7,13-15,17H,8-11H2,1-2H3. The lowest BCUT2D eigenvalue weighted by Gasteiger charge is -2.19. The van der Waals surface area contributed by atoms with Crippen LogP contribution in [0.5, 0.6) is 0 Å². The van der Waals surface area contributed by atoms with E-state index < -0.39 is 0 Å². The minimum Gasteiger partial charge on any atom is -0.469 e. The van der Waals surface area contributed by atoms with E-state index >= 15 is 0 Å². The van der Waals surface area contributed by atoms with Gasteiger partial charge in [0.15, 0.2) is 0 Å². The molecular weight excluding hydrogens is 254 g/mol. The molecule has 0 heterocycles. The molecule has 1 aromatic rings. The Morgan fingerprint density at radius 1 is 1.30 bits per heavy atom. The molecule has 2 rings (SSSR count). The molecule has 3 atom stereocenters. The lowest BCUT2D eigenvalue weighted by molar-refractivity contribution is -0.142. The quantitative estimate of drug-likeness (QED) is 0.809. The highest BCUT2D eigenvalue weighted by molar-refractivity contribution is 5.78. The van der Waals surface area contributed by atoms with Crippen LogP contribution in [-0.4, -0.2) is 38.9 Å². The zero-order valence-corrected chi connectivity index (χ0v) is 12.2. The first-order chi connectivity index (χ1) is 9.74. The third-order valence-electron chi connectivity index (χ3n) is 4.02. The Balaban J connectivity index is 1.94. The Morgan fingerprint density at radius 3 is 2.65 bits per heavy atom. The molecule has 1 aliphatic carbocycles. The SMILES string of the molecule is COC(=O)C(CNC1CCC(OC)C1)c1ccccc1. The Kier molecular flexibility index (Phi) is 5.56. The van der Waals surface area contributed by atoms with Gasteiger partial charge in [-0.25, -0.2) is 0 Å². The highest BCUT2D eigenvalue weighted by atomic mass is 16.5. The fourth-order valence-electron chi connectivity index (χ4n) is 2.79. The van der Waals surface area contributed by atoms with Crippen molar-refractivity contribution in [3.63, 3.8) is 0 Å². The maximum Gasteiger partial charge on any atom is 0.314 e. The van der Waals surface area contributed by atoms with Gasteiger partial charge in [0, 0.05) is 19.7 Å². The van der Waals surface area contributed by atoms with E-state index in [-0.39, 0.29) is 11.9 Å². The maximum atomic E-state index is 12.0. The average Bonchev–Trinajstić information content (AvgIpc) is 2.96. The second-order valence-electron chi connectivity index (χ2n) is 5.26. The largest absolute Gasteiger partial charge is 0.469 e. The first-order valence-electron chi connectivity index (χ1n) is 7.13. The number of ether oxygens (including phenoxy) is 2. The van der Waals surface area contributed by atoms with Crippen molar-refractivity contribution in [3.8, 4) is 0 Å². The van der Waals surface area contributed by atoms with Crippen molar-refractivity contribution in [1.29, 1.82) is 0 Å². The Labute approximate surface area is 120 Å².